The molecule has 1 aliphatic rings. The van der Waals surface area contributed by atoms with Crippen LogP contribution in [0.25, 0.3) is 0 Å². The van der Waals surface area contributed by atoms with Gasteiger partial charge in [-0.05, 0) is 42.3 Å². The normalized spacial score (nSPS) is 19.9. The van der Waals surface area contributed by atoms with Gasteiger partial charge in [0.25, 0.3) is 0 Å². The van der Waals surface area contributed by atoms with Crippen LogP contribution in [0.4, 0.5) is 4.39 Å². The van der Waals surface area contributed by atoms with Gasteiger partial charge in [-0.25, -0.2) is 4.39 Å². The van der Waals surface area contributed by atoms with E-state index in [1.165, 1.54) is 6.07 Å². The van der Waals surface area contributed by atoms with Crippen molar-refractivity contribution in [3.63, 3.8) is 0 Å². The first-order valence-corrected chi connectivity index (χ1v) is 6.54. The topological polar surface area (TPSA) is 17.1 Å². The molecule has 0 saturated carbocycles. The molecular formula is C14H14BrFO. The third kappa shape index (κ3) is 2.83. The van der Waals surface area contributed by atoms with Gasteiger partial charge in [0.05, 0.1) is 0 Å². The highest BCUT2D eigenvalue weighted by Gasteiger charge is 2.21. The molecule has 0 saturated heterocycles. The summed E-state index contributed by atoms with van der Waals surface area (Å²) < 4.78 is 14.5. The summed E-state index contributed by atoms with van der Waals surface area (Å²) in [5, 5.41) is 0. The molecule has 0 amide bonds. The molecule has 17 heavy (non-hydrogen) atoms. The highest BCUT2D eigenvalue weighted by molar-refractivity contribution is 9.11. The highest BCUT2D eigenvalue weighted by Crippen LogP contribution is 2.29. The average Bonchev–Trinajstić information content (AvgIpc) is 2.32. The lowest BCUT2D eigenvalue weighted by molar-refractivity contribution is 0.0936. The minimum absolute atomic E-state index is 0.0144. The Morgan fingerprint density at radius 2 is 2.24 bits per heavy atom. The van der Waals surface area contributed by atoms with Crippen molar-refractivity contribution in [2.24, 2.45) is 5.92 Å². The zero-order valence-corrected chi connectivity index (χ0v) is 11.3. The molecule has 90 valence electrons. The molecular weight excluding hydrogens is 283 g/mol. The number of Topliss-reactive ketones (excluding diaryl/α,β-unsaturated/α-hetero) is 1. The number of ketones is 1. The molecule has 0 N–H and O–H groups in total. The smallest absolute Gasteiger partial charge is 0.169 e. The van der Waals surface area contributed by atoms with Gasteiger partial charge >= 0.3 is 0 Å². The number of hydrogen-bond acceptors (Lipinski definition) is 1. The maximum Gasteiger partial charge on any atom is 0.169 e. The van der Waals surface area contributed by atoms with Crippen LogP contribution < -0.4 is 0 Å². The third-order valence-corrected chi connectivity index (χ3v) is 3.77. The quantitative estimate of drug-likeness (QED) is 0.740. The van der Waals surface area contributed by atoms with E-state index < -0.39 is 0 Å². The maximum atomic E-state index is 13.4. The molecule has 0 heterocycles. The van der Waals surface area contributed by atoms with Gasteiger partial charge in [-0.15, -0.1) is 0 Å². The maximum absolute atomic E-state index is 13.4. The van der Waals surface area contributed by atoms with Crippen LogP contribution in [0.1, 0.15) is 35.2 Å². The molecule has 1 unspecified atom stereocenters. The first-order chi connectivity index (χ1) is 8.08. The van der Waals surface area contributed by atoms with E-state index >= 15 is 0 Å². The number of benzene rings is 1. The summed E-state index contributed by atoms with van der Waals surface area (Å²) in [6.45, 7) is 1.70. The van der Waals surface area contributed by atoms with Gasteiger partial charge in [-0.1, -0.05) is 34.1 Å². The van der Waals surface area contributed by atoms with Crippen molar-refractivity contribution >= 4 is 21.7 Å². The molecule has 0 bridgehead atoms. The van der Waals surface area contributed by atoms with Crippen LogP contribution in [-0.2, 0) is 0 Å². The van der Waals surface area contributed by atoms with Crippen molar-refractivity contribution < 1.29 is 9.18 Å². The second kappa shape index (κ2) is 5.13. The number of hydrogen-bond donors (Lipinski definition) is 0. The molecule has 0 spiro atoms. The van der Waals surface area contributed by atoms with Crippen molar-refractivity contribution in [3.05, 3.63) is 45.7 Å². The first-order valence-electron chi connectivity index (χ1n) is 5.74. The summed E-state index contributed by atoms with van der Waals surface area (Å²) in [6.07, 6.45) is 4.79. The SMILES string of the molecule is Cc1ccc(C(=O)C2C=C(Br)CCC2)cc1F. The zero-order valence-electron chi connectivity index (χ0n) is 9.67. The monoisotopic (exact) mass is 296 g/mol. The Hall–Kier alpha value is -0.960. The van der Waals surface area contributed by atoms with Crippen molar-refractivity contribution in [1.82, 2.24) is 0 Å². The Kier molecular flexibility index (Phi) is 3.77. The fourth-order valence-electron chi connectivity index (χ4n) is 2.04. The van der Waals surface area contributed by atoms with E-state index in [9.17, 15) is 9.18 Å². The Morgan fingerprint density at radius 1 is 1.47 bits per heavy atom. The molecule has 0 aliphatic heterocycles. The number of halogens is 2. The van der Waals surface area contributed by atoms with Crippen LogP contribution in [0.2, 0.25) is 0 Å². The molecule has 1 aromatic rings. The van der Waals surface area contributed by atoms with E-state index in [2.05, 4.69) is 15.9 Å². The summed E-state index contributed by atoms with van der Waals surface area (Å²) in [7, 11) is 0. The Labute approximate surface area is 109 Å². The van der Waals surface area contributed by atoms with Crippen LogP contribution in [0.3, 0.4) is 0 Å². The van der Waals surface area contributed by atoms with Crippen molar-refractivity contribution in [1.29, 1.82) is 0 Å². The van der Waals surface area contributed by atoms with Crippen LogP contribution in [0.5, 0.6) is 0 Å². The van der Waals surface area contributed by atoms with E-state index in [1.54, 1.807) is 19.1 Å². The molecule has 0 radical (unpaired) electrons. The van der Waals surface area contributed by atoms with Gasteiger partial charge in [0.1, 0.15) is 5.82 Å². The Morgan fingerprint density at radius 3 is 2.88 bits per heavy atom. The summed E-state index contributed by atoms with van der Waals surface area (Å²) in [5.74, 6) is -0.407. The van der Waals surface area contributed by atoms with E-state index in [0.717, 1.165) is 23.7 Å². The van der Waals surface area contributed by atoms with Gasteiger partial charge in [0.2, 0.25) is 0 Å². The number of allylic oxidation sites excluding steroid dienone is 2. The Balaban J connectivity index is 2.25. The molecule has 1 nitrogen and oxygen atoms in total. The van der Waals surface area contributed by atoms with Crippen molar-refractivity contribution in [2.75, 3.05) is 0 Å². The summed E-state index contributed by atoms with van der Waals surface area (Å²) in [4.78, 5) is 12.2. The van der Waals surface area contributed by atoms with Crippen molar-refractivity contribution in [3.8, 4) is 0 Å². The lowest BCUT2D eigenvalue weighted by Crippen LogP contribution is -2.15. The Bertz CT molecular complexity index is 479. The second-order valence-electron chi connectivity index (χ2n) is 4.44. The van der Waals surface area contributed by atoms with E-state index in [-0.39, 0.29) is 17.5 Å². The van der Waals surface area contributed by atoms with Gasteiger partial charge in [-0.2, -0.15) is 0 Å². The first kappa shape index (κ1) is 12.5. The lowest BCUT2D eigenvalue weighted by atomic mass is 9.88. The van der Waals surface area contributed by atoms with Crippen LogP contribution >= 0.6 is 15.9 Å². The molecule has 1 aromatic carbocycles. The highest BCUT2D eigenvalue weighted by atomic mass is 79.9. The number of carbonyl (C=O) groups is 1. The molecule has 0 aromatic heterocycles. The van der Waals surface area contributed by atoms with E-state index in [1.807, 2.05) is 6.08 Å². The molecule has 1 atom stereocenters. The third-order valence-electron chi connectivity index (χ3n) is 3.11. The number of aryl methyl sites for hydroxylation is 1. The van der Waals surface area contributed by atoms with Gasteiger partial charge in [0, 0.05) is 11.5 Å². The number of rotatable bonds is 2. The number of carbonyl (C=O) groups excluding carboxylic acids is 1. The summed E-state index contributed by atoms with van der Waals surface area (Å²) >= 11 is 3.43. The van der Waals surface area contributed by atoms with E-state index in [4.69, 9.17) is 0 Å². The predicted octanol–water partition coefficient (Wildman–Crippen LogP) is 4.40. The minimum Gasteiger partial charge on any atom is -0.294 e. The minimum atomic E-state index is -0.310. The zero-order chi connectivity index (χ0) is 12.4. The van der Waals surface area contributed by atoms with Gasteiger partial charge < -0.3 is 0 Å². The second-order valence-corrected chi connectivity index (χ2v) is 5.46. The largest absolute Gasteiger partial charge is 0.294 e. The van der Waals surface area contributed by atoms with Gasteiger partial charge in [0.15, 0.2) is 5.78 Å². The molecule has 3 heteroatoms. The molecule has 0 fully saturated rings. The lowest BCUT2D eigenvalue weighted by Gasteiger charge is -2.17. The van der Waals surface area contributed by atoms with Gasteiger partial charge in [-0.3, -0.25) is 4.79 Å². The standard InChI is InChI=1S/C14H14BrFO/c1-9-5-6-11(8-13(9)16)14(17)10-3-2-4-12(15)7-10/h5-8,10H,2-4H2,1H3. The summed E-state index contributed by atoms with van der Waals surface area (Å²) in [5.41, 5.74) is 1.04. The average molecular weight is 297 g/mol. The molecule has 2 rings (SSSR count). The summed E-state index contributed by atoms with van der Waals surface area (Å²) in [6, 6.07) is 4.70. The van der Waals surface area contributed by atoms with Crippen molar-refractivity contribution in [2.45, 2.75) is 26.2 Å². The fourth-order valence-corrected chi connectivity index (χ4v) is 2.64. The van der Waals surface area contributed by atoms with E-state index in [0.29, 0.717) is 11.1 Å². The van der Waals surface area contributed by atoms with Crippen LogP contribution in [-0.4, -0.2) is 5.78 Å². The fraction of sp³-hybridized carbons (Fsp3) is 0.357. The van der Waals surface area contributed by atoms with Crippen LogP contribution in [0, 0.1) is 18.7 Å². The van der Waals surface area contributed by atoms with Crippen LogP contribution in [0.15, 0.2) is 28.8 Å². The predicted molar refractivity (Wildman–Crippen MR) is 69.8 cm³/mol. The molecule has 1 aliphatic carbocycles.